The van der Waals surface area contributed by atoms with E-state index in [2.05, 4.69) is 5.32 Å². The van der Waals surface area contributed by atoms with Crippen LogP contribution in [0, 0.1) is 17.5 Å². The highest BCUT2D eigenvalue weighted by Crippen LogP contribution is 2.41. The molecule has 3 nitrogen and oxygen atoms in total. The van der Waals surface area contributed by atoms with Crippen LogP contribution >= 0.6 is 0 Å². The summed E-state index contributed by atoms with van der Waals surface area (Å²) in [5, 5.41) is 2.43. The minimum atomic E-state index is -5.20. The average molecular weight is 626 g/mol. The van der Waals surface area contributed by atoms with E-state index in [1.54, 1.807) is 32.0 Å². The molecule has 4 rings (SSSR count). The molecule has 44 heavy (non-hydrogen) atoms. The first-order valence-corrected chi connectivity index (χ1v) is 13.1. The van der Waals surface area contributed by atoms with Crippen LogP contribution in [0.2, 0.25) is 0 Å². The standard InChI is InChI=1S/C32H24F9NO2/c1-18(2)44-22-10-11-23(28(35)16-22)30(17-19-6-4-3-5-7-19,21-9-13-27(34)25(15-21)32(39,40)41)42-29(43)20-8-12-26(33)24(14-20)31(36,37)38/h3-16,18H,17H2,1-2H3,(H,42,43). The zero-order chi connectivity index (χ0) is 32.4. The highest BCUT2D eigenvalue weighted by Gasteiger charge is 2.43. The lowest BCUT2D eigenvalue weighted by molar-refractivity contribution is -0.140. The van der Waals surface area contributed by atoms with Crippen molar-refractivity contribution >= 4 is 5.91 Å². The van der Waals surface area contributed by atoms with Crippen LogP contribution in [0.4, 0.5) is 39.5 Å². The molecule has 1 unspecified atom stereocenters. The van der Waals surface area contributed by atoms with Crippen LogP contribution in [0.5, 0.6) is 5.75 Å². The molecule has 0 aromatic heterocycles. The number of hydrogen-bond donors (Lipinski definition) is 1. The number of ether oxygens (including phenoxy) is 1. The Hall–Kier alpha value is -4.48. The molecule has 0 aliphatic rings. The number of carbonyl (C=O) groups is 1. The molecule has 0 saturated carbocycles. The predicted molar refractivity (Wildman–Crippen MR) is 143 cm³/mol. The van der Waals surface area contributed by atoms with Gasteiger partial charge in [-0.15, -0.1) is 0 Å². The first-order chi connectivity index (χ1) is 20.5. The molecule has 0 heterocycles. The molecule has 0 aliphatic heterocycles. The summed E-state index contributed by atoms with van der Waals surface area (Å²) in [7, 11) is 0. The number of amides is 1. The van der Waals surface area contributed by atoms with Crippen molar-refractivity contribution in [3.05, 3.63) is 136 Å². The normalized spacial score (nSPS) is 13.5. The van der Waals surface area contributed by atoms with Crippen LogP contribution in [0.3, 0.4) is 0 Å². The number of halogens is 9. The van der Waals surface area contributed by atoms with E-state index in [0.29, 0.717) is 23.8 Å². The van der Waals surface area contributed by atoms with Crippen molar-refractivity contribution < 1.29 is 49.0 Å². The molecule has 0 aliphatic carbocycles. The zero-order valence-electron chi connectivity index (χ0n) is 23.1. The summed E-state index contributed by atoms with van der Waals surface area (Å²) in [6.07, 6.45) is -11.2. The molecule has 1 N–H and O–H groups in total. The summed E-state index contributed by atoms with van der Waals surface area (Å²) >= 11 is 0. The molecular formula is C32H24F9NO2. The molecule has 1 amide bonds. The number of nitrogens with one attached hydrogen (secondary N) is 1. The van der Waals surface area contributed by atoms with Gasteiger partial charge in [-0.3, -0.25) is 4.79 Å². The second-order valence-corrected chi connectivity index (χ2v) is 10.2. The van der Waals surface area contributed by atoms with Gasteiger partial charge in [0.1, 0.15) is 23.2 Å². The van der Waals surface area contributed by atoms with Crippen molar-refractivity contribution in [3.8, 4) is 5.75 Å². The summed E-state index contributed by atoms with van der Waals surface area (Å²) in [6, 6.07) is 14.4. The predicted octanol–water partition coefficient (Wildman–Crippen LogP) is 8.85. The summed E-state index contributed by atoms with van der Waals surface area (Å²) in [5.41, 5.74) is -6.93. The fraction of sp³-hybridized carbons (Fsp3) is 0.219. The van der Waals surface area contributed by atoms with Gasteiger partial charge in [0.2, 0.25) is 0 Å². The minimum Gasteiger partial charge on any atom is -0.491 e. The molecule has 0 radical (unpaired) electrons. The maximum Gasteiger partial charge on any atom is 0.419 e. The van der Waals surface area contributed by atoms with Gasteiger partial charge >= 0.3 is 12.4 Å². The minimum absolute atomic E-state index is 0.0460. The van der Waals surface area contributed by atoms with Crippen molar-refractivity contribution in [2.24, 2.45) is 0 Å². The van der Waals surface area contributed by atoms with Gasteiger partial charge in [-0.05, 0) is 67.4 Å². The van der Waals surface area contributed by atoms with Crippen LogP contribution in [-0.2, 0) is 24.3 Å². The Bertz CT molecular complexity index is 1650. The van der Waals surface area contributed by atoms with E-state index in [1.807, 2.05) is 0 Å². The first-order valence-electron chi connectivity index (χ1n) is 13.1. The van der Waals surface area contributed by atoms with Crippen molar-refractivity contribution in [2.45, 2.75) is 44.3 Å². The number of hydrogen-bond acceptors (Lipinski definition) is 2. The van der Waals surface area contributed by atoms with E-state index in [0.717, 1.165) is 24.3 Å². The smallest absolute Gasteiger partial charge is 0.419 e. The fourth-order valence-electron chi connectivity index (χ4n) is 4.78. The van der Waals surface area contributed by atoms with Gasteiger partial charge in [-0.25, -0.2) is 13.2 Å². The lowest BCUT2D eigenvalue weighted by Crippen LogP contribution is -2.49. The van der Waals surface area contributed by atoms with Crippen LogP contribution in [0.15, 0.2) is 84.9 Å². The molecule has 4 aromatic carbocycles. The third-order valence-corrected chi connectivity index (χ3v) is 6.71. The van der Waals surface area contributed by atoms with Crippen molar-refractivity contribution in [3.63, 3.8) is 0 Å². The summed E-state index contributed by atoms with van der Waals surface area (Å²) in [5.74, 6) is -5.61. The molecule has 12 heteroatoms. The van der Waals surface area contributed by atoms with Crippen LogP contribution < -0.4 is 10.1 Å². The lowest BCUT2D eigenvalue weighted by atomic mass is 9.76. The first kappa shape index (κ1) is 32.4. The third kappa shape index (κ3) is 7.00. The maximum absolute atomic E-state index is 16.0. The molecule has 4 aromatic rings. The quantitative estimate of drug-likeness (QED) is 0.199. The second-order valence-electron chi connectivity index (χ2n) is 10.2. The van der Waals surface area contributed by atoms with Crippen molar-refractivity contribution in [1.82, 2.24) is 5.32 Å². The van der Waals surface area contributed by atoms with Gasteiger partial charge in [0.15, 0.2) is 0 Å². The highest BCUT2D eigenvalue weighted by molar-refractivity contribution is 5.95. The topological polar surface area (TPSA) is 38.3 Å². The Morgan fingerprint density at radius 2 is 1.30 bits per heavy atom. The van der Waals surface area contributed by atoms with Gasteiger partial charge in [0.25, 0.3) is 5.91 Å². The monoisotopic (exact) mass is 625 g/mol. The Morgan fingerprint density at radius 1 is 0.705 bits per heavy atom. The molecule has 1 atom stereocenters. The summed E-state index contributed by atoms with van der Waals surface area (Å²) in [6.45, 7) is 3.33. The Kier molecular flexibility index (Phi) is 9.03. The van der Waals surface area contributed by atoms with Gasteiger partial charge in [0, 0.05) is 23.6 Å². The SMILES string of the molecule is CC(C)Oc1ccc(C(Cc2ccccc2)(NC(=O)c2ccc(F)c(C(F)(F)F)c2)c2ccc(F)c(C(F)(F)F)c2)c(F)c1. The van der Waals surface area contributed by atoms with Crippen LogP contribution in [-0.4, -0.2) is 12.0 Å². The van der Waals surface area contributed by atoms with Crippen LogP contribution in [0.25, 0.3) is 0 Å². The molecule has 0 spiro atoms. The number of carbonyl (C=O) groups excluding carboxylic acids is 1. The lowest BCUT2D eigenvalue weighted by Gasteiger charge is -2.37. The largest absolute Gasteiger partial charge is 0.491 e. The molecule has 0 bridgehead atoms. The number of benzene rings is 4. The van der Waals surface area contributed by atoms with E-state index in [-0.39, 0.29) is 17.9 Å². The molecule has 0 saturated heterocycles. The third-order valence-electron chi connectivity index (χ3n) is 6.71. The van der Waals surface area contributed by atoms with E-state index >= 15 is 4.39 Å². The second kappa shape index (κ2) is 12.3. The van der Waals surface area contributed by atoms with E-state index in [9.17, 15) is 39.9 Å². The van der Waals surface area contributed by atoms with Gasteiger partial charge in [-0.1, -0.05) is 36.4 Å². The number of rotatable bonds is 8. The Balaban J connectivity index is 2.01. The summed E-state index contributed by atoms with van der Waals surface area (Å²) < 4.78 is 132. The maximum atomic E-state index is 16.0. The molecule has 232 valence electrons. The Morgan fingerprint density at radius 3 is 1.86 bits per heavy atom. The zero-order valence-corrected chi connectivity index (χ0v) is 23.1. The van der Waals surface area contributed by atoms with E-state index in [1.165, 1.54) is 18.2 Å². The number of alkyl halides is 6. The van der Waals surface area contributed by atoms with Gasteiger partial charge in [-0.2, -0.15) is 26.3 Å². The van der Waals surface area contributed by atoms with E-state index in [4.69, 9.17) is 4.74 Å². The van der Waals surface area contributed by atoms with Crippen molar-refractivity contribution in [2.75, 3.05) is 0 Å². The van der Waals surface area contributed by atoms with Gasteiger partial charge in [0.05, 0.1) is 22.8 Å². The molecular weight excluding hydrogens is 601 g/mol. The van der Waals surface area contributed by atoms with E-state index < -0.39 is 75.5 Å². The molecule has 0 fully saturated rings. The van der Waals surface area contributed by atoms with Crippen LogP contribution in [0.1, 0.15) is 52.0 Å². The highest BCUT2D eigenvalue weighted by atomic mass is 19.4. The average Bonchev–Trinajstić information content (AvgIpc) is 2.92. The summed E-state index contributed by atoms with van der Waals surface area (Å²) in [4.78, 5) is 13.6. The van der Waals surface area contributed by atoms with Crippen molar-refractivity contribution in [1.29, 1.82) is 0 Å². The Labute approximate surface area is 246 Å². The fourth-order valence-corrected chi connectivity index (χ4v) is 4.78. The van der Waals surface area contributed by atoms with Gasteiger partial charge < -0.3 is 10.1 Å².